The molecule has 0 saturated carbocycles. The van der Waals surface area contributed by atoms with Gasteiger partial charge in [-0.3, -0.25) is 9.59 Å². The lowest BCUT2D eigenvalue weighted by atomic mass is 10.2. The highest BCUT2D eigenvalue weighted by atomic mass is 32.2. The Morgan fingerprint density at radius 3 is 1.77 bits per heavy atom. The van der Waals surface area contributed by atoms with Crippen molar-refractivity contribution in [2.45, 2.75) is 4.90 Å². The van der Waals surface area contributed by atoms with Gasteiger partial charge >= 0.3 is 6.03 Å². The summed E-state index contributed by atoms with van der Waals surface area (Å²) < 4.78 is 0. The lowest BCUT2D eigenvalue weighted by molar-refractivity contribution is 0.102. The van der Waals surface area contributed by atoms with Gasteiger partial charge in [0.15, 0.2) is 0 Å². The molecule has 0 atom stereocenters. The summed E-state index contributed by atoms with van der Waals surface area (Å²) in [6.07, 6.45) is 0. The van der Waals surface area contributed by atoms with Crippen LogP contribution in [0.1, 0.15) is 10.4 Å². The van der Waals surface area contributed by atoms with Crippen LogP contribution < -0.4 is 16.0 Å². The first-order chi connectivity index (χ1) is 14.9. The van der Waals surface area contributed by atoms with Gasteiger partial charge in [0.2, 0.25) is 0 Å². The first-order valence-corrected chi connectivity index (χ1v) is 10.3. The fraction of sp³-hybridized carbons (Fsp3) is 0.0870. The molecule has 0 aliphatic rings. The number of hydrogen-bond acceptors (Lipinski definition) is 4. The van der Waals surface area contributed by atoms with E-state index in [1.165, 1.54) is 4.90 Å². The van der Waals surface area contributed by atoms with Crippen molar-refractivity contribution in [2.75, 3.05) is 30.0 Å². The molecule has 0 fully saturated rings. The van der Waals surface area contributed by atoms with Crippen molar-refractivity contribution in [1.82, 2.24) is 4.90 Å². The molecule has 4 amide bonds. The number of carbonyl (C=O) groups is 3. The molecule has 7 nitrogen and oxygen atoms in total. The van der Waals surface area contributed by atoms with Crippen LogP contribution in [0, 0.1) is 0 Å². The zero-order valence-electron chi connectivity index (χ0n) is 17.1. The Balaban J connectivity index is 1.54. The molecule has 31 heavy (non-hydrogen) atoms. The minimum atomic E-state index is -0.367. The van der Waals surface area contributed by atoms with Crippen LogP contribution >= 0.6 is 11.8 Å². The average Bonchev–Trinajstić information content (AvgIpc) is 2.76. The molecule has 3 rings (SSSR count). The van der Waals surface area contributed by atoms with Crippen LogP contribution in [0.2, 0.25) is 0 Å². The van der Waals surface area contributed by atoms with E-state index in [0.717, 1.165) is 16.7 Å². The monoisotopic (exact) mass is 434 g/mol. The number of para-hydroxylation sites is 1. The van der Waals surface area contributed by atoms with Crippen LogP contribution in [0.15, 0.2) is 83.8 Å². The van der Waals surface area contributed by atoms with Crippen LogP contribution in [0.3, 0.4) is 0 Å². The molecule has 0 saturated heterocycles. The Morgan fingerprint density at radius 2 is 1.19 bits per heavy atom. The van der Waals surface area contributed by atoms with Crippen LogP contribution in [-0.2, 0) is 0 Å². The van der Waals surface area contributed by atoms with Gasteiger partial charge in [-0.05, 0) is 72.4 Å². The zero-order valence-corrected chi connectivity index (χ0v) is 17.9. The van der Waals surface area contributed by atoms with Crippen LogP contribution in [-0.4, -0.2) is 36.2 Å². The van der Waals surface area contributed by atoms with Gasteiger partial charge in [0.05, 0.1) is 0 Å². The molecule has 158 valence electrons. The zero-order chi connectivity index (χ0) is 22.2. The molecule has 0 spiro atoms. The molecule has 0 heterocycles. The van der Waals surface area contributed by atoms with Crippen molar-refractivity contribution in [3.05, 3.63) is 84.4 Å². The van der Waals surface area contributed by atoms with E-state index in [-0.39, 0.29) is 17.2 Å². The summed E-state index contributed by atoms with van der Waals surface area (Å²) in [6.45, 7) is 0. The van der Waals surface area contributed by atoms with Crippen LogP contribution in [0.25, 0.3) is 0 Å². The van der Waals surface area contributed by atoms with E-state index in [2.05, 4.69) is 16.0 Å². The maximum atomic E-state index is 12.5. The fourth-order valence-corrected chi connectivity index (χ4v) is 3.18. The summed E-state index contributed by atoms with van der Waals surface area (Å²) in [5, 5.41) is 8.19. The molecular formula is C23H22N4O3S. The van der Waals surface area contributed by atoms with Gasteiger partial charge in [0.1, 0.15) is 0 Å². The maximum absolute atomic E-state index is 12.5. The summed E-state index contributed by atoms with van der Waals surface area (Å²) in [6, 6.07) is 22.4. The van der Waals surface area contributed by atoms with E-state index in [0.29, 0.717) is 22.6 Å². The number of carbonyl (C=O) groups excluding carboxylic acids is 3. The standard InChI is InChI=1S/C23H22N4O3S/c1-27(2)23(30)31-20-14-12-18(13-15-20)24-21(28)16-8-10-19(11-9-16)26-22(29)25-17-6-4-3-5-7-17/h3-15H,1-2H3,(H,24,28)(H2,25,26,29). The molecule has 0 aliphatic heterocycles. The average molecular weight is 435 g/mol. The van der Waals surface area contributed by atoms with Gasteiger partial charge in [0.25, 0.3) is 11.1 Å². The highest BCUT2D eigenvalue weighted by molar-refractivity contribution is 8.13. The summed E-state index contributed by atoms with van der Waals surface area (Å²) in [5.74, 6) is -0.273. The Kier molecular flexibility index (Phi) is 7.29. The van der Waals surface area contributed by atoms with Crippen molar-refractivity contribution in [1.29, 1.82) is 0 Å². The van der Waals surface area contributed by atoms with Gasteiger partial charge in [0, 0.05) is 41.6 Å². The fourth-order valence-electron chi connectivity index (χ4n) is 2.52. The predicted octanol–water partition coefficient (Wildman–Crippen LogP) is 5.36. The van der Waals surface area contributed by atoms with E-state index in [1.54, 1.807) is 74.8 Å². The molecule has 0 aliphatic carbocycles. The van der Waals surface area contributed by atoms with Crippen molar-refractivity contribution >= 4 is 46.0 Å². The summed E-state index contributed by atoms with van der Waals surface area (Å²) >= 11 is 1.12. The third-order valence-corrected chi connectivity index (χ3v) is 5.17. The third kappa shape index (κ3) is 6.61. The Labute approximate surface area is 184 Å². The van der Waals surface area contributed by atoms with Gasteiger partial charge in [-0.25, -0.2) is 4.79 Å². The number of benzene rings is 3. The lowest BCUT2D eigenvalue weighted by Gasteiger charge is -2.10. The number of rotatable bonds is 5. The number of hydrogen-bond donors (Lipinski definition) is 3. The molecule has 3 aromatic rings. The Morgan fingerprint density at radius 1 is 0.677 bits per heavy atom. The number of thioether (sulfide) groups is 1. The highest BCUT2D eigenvalue weighted by Gasteiger charge is 2.09. The first-order valence-electron chi connectivity index (χ1n) is 9.44. The number of nitrogens with one attached hydrogen (secondary N) is 3. The Bertz CT molecular complexity index is 1050. The van der Waals surface area contributed by atoms with E-state index >= 15 is 0 Å². The third-order valence-electron chi connectivity index (χ3n) is 4.12. The molecule has 0 aromatic heterocycles. The van der Waals surface area contributed by atoms with Crippen molar-refractivity contribution in [3.63, 3.8) is 0 Å². The lowest BCUT2D eigenvalue weighted by Crippen LogP contribution is -2.19. The van der Waals surface area contributed by atoms with Crippen molar-refractivity contribution < 1.29 is 14.4 Å². The van der Waals surface area contributed by atoms with E-state index < -0.39 is 0 Å². The molecular weight excluding hydrogens is 412 g/mol. The quantitative estimate of drug-likeness (QED) is 0.472. The largest absolute Gasteiger partial charge is 0.339 e. The molecule has 0 bridgehead atoms. The smallest absolute Gasteiger partial charge is 0.323 e. The van der Waals surface area contributed by atoms with Crippen molar-refractivity contribution in [2.24, 2.45) is 0 Å². The molecule has 0 radical (unpaired) electrons. The SMILES string of the molecule is CN(C)C(=O)Sc1ccc(NC(=O)c2ccc(NC(=O)Nc3ccccc3)cc2)cc1. The second-order valence-corrected chi connectivity index (χ2v) is 7.79. The second kappa shape index (κ2) is 10.3. The molecule has 3 N–H and O–H groups in total. The number of urea groups is 1. The second-order valence-electron chi connectivity index (χ2n) is 6.76. The molecule has 3 aromatic carbocycles. The van der Waals surface area contributed by atoms with Gasteiger partial charge < -0.3 is 20.9 Å². The van der Waals surface area contributed by atoms with Crippen LogP contribution in [0.4, 0.5) is 26.7 Å². The summed E-state index contributed by atoms with van der Waals surface area (Å²) in [7, 11) is 3.39. The molecule has 0 unspecified atom stereocenters. The summed E-state index contributed by atoms with van der Waals surface area (Å²) in [4.78, 5) is 38.5. The van der Waals surface area contributed by atoms with E-state index in [4.69, 9.17) is 0 Å². The number of anilines is 3. The number of nitrogens with zero attached hydrogens (tertiary/aromatic N) is 1. The maximum Gasteiger partial charge on any atom is 0.323 e. The first kappa shape index (κ1) is 21.9. The summed E-state index contributed by atoms with van der Waals surface area (Å²) in [5.41, 5.74) is 2.33. The van der Waals surface area contributed by atoms with E-state index in [9.17, 15) is 14.4 Å². The van der Waals surface area contributed by atoms with Gasteiger partial charge in [-0.15, -0.1) is 0 Å². The topological polar surface area (TPSA) is 90.5 Å². The predicted molar refractivity (Wildman–Crippen MR) is 125 cm³/mol. The minimum absolute atomic E-state index is 0.0667. The van der Waals surface area contributed by atoms with Gasteiger partial charge in [-0.2, -0.15) is 0 Å². The van der Waals surface area contributed by atoms with E-state index in [1.807, 2.05) is 18.2 Å². The minimum Gasteiger partial charge on any atom is -0.339 e. The Hall–Kier alpha value is -3.78. The van der Waals surface area contributed by atoms with Crippen LogP contribution in [0.5, 0.6) is 0 Å². The van der Waals surface area contributed by atoms with Gasteiger partial charge in [-0.1, -0.05) is 18.2 Å². The highest BCUT2D eigenvalue weighted by Crippen LogP contribution is 2.23. The van der Waals surface area contributed by atoms with Crippen molar-refractivity contribution in [3.8, 4) is 0 Å². The molecule has 8 heteroatoms. The normalized spacial score (nSPS) is 10.1. The number of amides is 4.